The van der Waals surface area contributed by atoms with Gasteiger partial charge in [-0.05, 0) is 57.8 Å². The van der Waals surface area contributed by atoms with E-state index in [9.17, 15) is 14.4 Å². The zero-order chi connectivity index (χ0) is 19.9. The smallest absolute Gasteiger partial charge is 0.225 e. The van der Waals surface area contributed by atoms with Crippen LogP contribution in [0.25, 0.3) is 0 Å². The lowest BCUT2D eigenvalue weighted by Crippen LogP contribution is -2.51. The van der Waals surface area contributed by atoms with Gasteiger partial charge in [0.1, 0.15) is 0 Å². The molecule has 1 aliphatic heterocycles. The Bertz CT molecular complexity index is 600. The van der Waals surface area contributed by atoms with Gasteiger partial charge >= 0.3 is 0 Å². The summed E-state index contributed by atoms with van der Waals surface area (Å²) in [5, 5.41) is 3.11. The van der Waals surface area contributed by atoms with Crippen molar-refractivity contribution in [1.29, 1.82) is 0 Å². The molecule has 3 amide bonds. The second-order valence-electron chi connectivity index (χ2n) is 8.53. The summed E-state index contributed by atoms with van der Waals surface area (Å²) < 4.78 is 0. The zero-order valence-electron chi connectivity index (χ0n) is 17.3. The van der Waals surface area contributed by atoms with Crippen molar-refractivity contribution in [2.45, 2.75) is 64.7 Å². The first-order chi connectivity index (χ1) is 13.5. The topological polar surface area (TPSA) is 69.7 Å². The molecule has 1 N–H and O–H groups in total. The highest BCUT2D eigenvalue weighted by molar-refractivity contribution is 5.81. The summed E-state index contributed by atoms with van der Waals surface area (Å²) in [4.78, 5) is 40.4. The molecule has 3 rings (SSSR count). The number of carbonyl (C=O) groups is 3. The Morgan fingerprint density at radius 3 is 2.21 bits per heavy atom. The number of amides is 3. The van der Waals surface area contributed by atoms with Gasteiger partial charge in [-0.1, -0.05) is 11.6 Å². The molecule has 6 heteroatoms. The fourth-order valence-corrected chi connectivity index (χ4v) is 4.72. The number of hydrogen-bond acceptors (Lipinski definition) is 3. The molecule has 1 saturated heterocycles. The maximum Gasteiger partial charge on any atom is 0.225 e. The van der Waals surface area contributed by atoms with Crippen LogP contribution in [0.1, 0.15) is 64.7 Å². The van der Waals surface area contributed by atoms with Crippen LogP contribution in [0, 0.1) is 11.8 Å². The first-order valence-corrected chi connectivity index (χ1v) is 11.0. The van der Waals surface area contributed by atoms with Crippen LogP contribution in [0.5, 0.6) is 0 Å². The minimum Gasteiger partial charge on any atom is -0.356 e. The molecule has 0 radical (unpaired) electrons. The first-order valence-electron chi connectivity index (χ1n) is 11.0. The van der Waals surface area contributed by atoms with E-state index >= 15 is 0 Å². The zero-order valence-corrected chi connectivity index (χ0v) is 17.3. The lowest BCUT2D eigenvalue weighted by molar-refractivity contribution is -0.143. The molecule has 0 aromatic carbocycles. The molecule has 156 valence electrons. The van der Waals surface area contributed by atoms with E-state index in [1.54, 1.807) is 11.8 Å². The Morgan fingerprint density at radius 1 is 0.964 bits per heavy atom. The second kappa shape index (κ2) is 10.1. The van der Waals surface area contributed by atoms with E-state index in [2.05, 4.69) is 11.4 Å². The van der Waals surface area contributed by atoms with Gasteiger partial charge in [-0.3, -0.25) is 14.4 Å². The molecule has 28 heavy (non-hydrogen) atoms. The number of nitrogens with one attached hydrogen (secondary N) is 1. The van der Waals surface area contributed by atoms with E-state index in [1.165, 1.54) is 31.3 Å². The standard InChI is InChI=1S/C22H35N3O3/c1-17(26)24-13-15-25(16-14-24)22(28)20-9-7-19(8-10-20)21(27)23-12-11-18-5-3-2-4-6-18/h5,19-20H,2-4,6-16H2,1H3,(H,23,27). The number of allylic oxidation sites excluding steroid dienone is 1. The average molecular weight is 390 g/mol. The lowest BCUT2D eigenvalue weighted by atomic mass is 9.80. The number of piperazine rings is 1. The molecule has 6 nitrogen and oxygen atoms in total. The number of carbonyl (C=O) groups excluding carboxylic acids is 3. The molecule has 3 aliphatic rings. The van der Waals surface area contributed by atoms with Gasteiger partial charge in [-0.2, -0.15) is 0 Å². The van der Waals surface area contributed by atoms with E-state index in [-0.39, 0.29) is 29.6 Å². The largest absolute Gasteiger partial charge is 0.356 e. The van der Waals surface area contributed by atoms with Gasteiger partial charge in [0.25, 0.3) is 0 Å². The predicted molar refractivity (Wildman–Crippen MR) is 108 cm³/mol. The Morgan fingerprint density at radius 2 is 1.61 bits per heavy atom. The van der Waals surface area contributed by atoms with Gasteiger partial charge in [-0.25, -0.2) is 0 Å². The highest BCUT2D eigenvalue weighted by atomic mass is 16.2. The van der Waals surface area contributed by atoms with Gasteiger partial charge in [0.05, 0.1) is 0 Å². The van der Waals surface area contributed by atoms with Crippen molar-refractivity contribution in [3.63, 3.8) is 0 Å². The summed E-state index contributed by atoms with van der Waals surface area (Å²) in [5.74, 6) is 0.557. The molecular weight excluding hydrogens is 354 g/mol. The van der Waals surface area contributed by atoms with E-state index < -0.39 is 0 Å². The third-order valence-electron chi connectivity index (χ3n) is 6.61. The Balaban J connectivity index is 1.35. The monoisotopic (exact) mass is 389 g/mol. The molecule has 2 fully saturated rings. The minimum absolute atomic E-state index is 0.0420. The normalized spacial score (nSPS) is 25.8. The maximum absolute atomic E-state index is 12.8. The molecule has 2 aliphatic carbocycles. The van der Waals surface area contributed by atoms with Crippen LogP contribution in [0.15, 0.2) is 11.6 Å². The Hall–Kier alpha value is -1.85. The first kappa shape index (κ1) is 20.9. The molecule has 1 saturated carbocycles. The van der Waals surface area contributed by atoms with Gasteiger partial charge in [0, 0.05) is 51.5 Å². The van der Waals surface area contributed by atoms with Crippen LogP contribution in [-0.4, -0.2) is 60.2 Å². The quantitative estimate of drug-likeness (QED) is 0.735. The van der Waals surface area contributed by atoms with E-state index in [1.807, 2.05) is 4.90 Å². The predicted octanol–water partition coefficient (Wildman–Crippen LogP) is 2.49. The third-order valence-corrected chi connectivity index (χ3v) is 6.61. The SMILES string of the molecule is CC(=O)N1CCN(C(=O)C2CCC(C(=O)NCCC3=CCCCC3)CC2)CC1. The van der Waals surface area contributed by atoms with Gasteiger partial charge in [0.2, 0.25) is 17.7 Å². The summed E-state index contributed by atoms with van der Waals surface area (Å²) >= 11 is 0. The van der Waals surface area contributed by atoms with Gasteiger partial charge in [0.15, 0.2) is 0 Å². The molecule has 0 aromatic rings. The fraction of sp³-hybridized carbons (Fsp3) is 0.773. The highest BCUT2D eigenvalue weighted by Gasteiger charge is 2.33. The average Bonchev–Trinajstić information content (AvgIpc) is 2.74. The summed E-state index contributed by atoms with van der Waals surface area (Å²) in [6.07, 6.45) is 11.5. The van der Waals surface area contributed by atoms with Crippen molar-refractivity contribution in [2.24, 2.45) is 11.8 Å². The van der Waals surface area contributed by atoms with Crippen LogP contribution < -0.4 is 5.32 Å². The maximum atomic E-state index is 12.8. The van der Waals surface area contributed by atoms with Crippen LogP contribution in [-0.2, 0) is 14.4 Å². The van der Waals surface area contributed by atoms with Crippen molar-refractivity contribution < 1.29 is 14.4 Å². The summed E-state index contributed by atoms with van der Waals surface area (Å²) in [7, 11) is 0. The van der Waals surface area contributed by atoms with Crippen molar-refractivity contribution in [2.75, 3.05) is 32.7 Å². The fourth-order valence-electron chi connectivity index (χ4n) is 4.72. The van der Waals surface area contributed by atoms with Crippen molar-refractivity contribution in [3.8, 4) is 0 Å². The summed E-state index contributed by atoms with van der Waals surface area (Å²) in [5.41, 5.74) is 1.49. The Kier molecular flexibility index (Phi) is 7.51. The van der Waals surface area contributed by atoms with Gasteiger partial charge < -0.3 is 15.1 Å². The summed E-state index contributed by atoms with van der Waals surface area (Å²) in [6.45, 7) is 4.85. The van der Waals surface area contributed by atoms with Crippen LogP contribution in [0.3, 0.4) is 0 Å². The minimum atomic E-state index is 0.0420. The van der Waals surface area contributed by atoms with E-state index in [4.69, 9.17) is 0 Å². The highest BCUT2D eigenvalue weighted by Crippen LogP contribution is 2.30. The molecule has 0 unspecified atom stereocenters. The number of hydrogen-bond donors (Lipinski definition) is 1. The Labute approximate surface area is 168 Å². The van der Waals surface area contributed by atoms with Crippen molar-refractivity contribution in [3.05, 3.63) is 11.6 Å². The van der Waals surface area contributed by atoms with Crippen molar-refractivity contribution in [1.82, 2.24) is 15.1 Å². The molecule has 0 bridgehead atoms. The number of rotatable bonds is 5. The second-order valence-corrected chi connectivity index (χ2v) is 8.53. The van der Waals surface area contributed by atoms with Crippen LogP contribution in [0.2, 0.25) is 0 Å². The molecule has 0 atom stereocenters. The summed E-state index contributed by atoms with van der Waals surface area (Å²) in [6, 6.07) is 0. The molecule has 1 heterocycles. The van der Waals surface area contributed by atoms with E-state index in [0.717, 1.165) is 38.6 Å². The van der Waals surface area contributed by atoms with E-state index in [0.29, 0.717) is 26.2 Å². The number of nitrogens with zero attached hydrogens (tertiary/aromatic N) is 2. The molecular formula is C22H35N3O3. The van der Waals surface area contributed by atoms with Gasteiger partial charge in [-0.15, -0.1) is 0 Å². The van der Waals surface area contributed by atoms with Crippen LogP contribution in [0.4, 0.5) is 0 Å². The van der Waals surface area contributed by atoms with Crippen LogP contribution >= 0.6 is 0 Å². The lowest BCUT2D eigenvalue weighted by Gasteiger charge is -2.37. The third kappa shape index (κ3) is 5.58. The molecule has 0 aromatic heterocycles. The molecule has 0 spiro atoms. The van der Waals surface area contributed by atoms with Crippen molar-refractivity contribution >= 4 is 17.7 Å².